The summed E-state index contributed by atoms with van der Waals surface area (Å²) in [6.07, 6.45) is 15.0. The SMILES string of the molecule is C=C/C=C\C(=C/C)C(=O)C(/C=C\CC)=C/C=C. The normalized spacial score (nSPS) is 13.3. The lowest BCUT2D eigenvalue weighted by Gasteiger charge is -2.01. The van der Waals surface area contributed by atoms with Crippen LogP contribution in [0.3, 0.4) is 0 Å². The molecule has 90 valence electrons. The zero-order chi connectivity index (χ0) is 13.1. The molecule has 0 aromatic heterocycles. The molecule has 0 amide bonds. The third-order valence-corrected chi connectivity index (χ3v) is 2.08. The monoisotopic (exact) mass is 228 g/mol. The number of Topliss-reactive ketones (excluding diaryl/α,β-unsaturated/α-hetero) is 1. The third kappa shape index (κ3) is 5.67. The summed E-state index contributed by atoms with van der Waals surface area (Å²) in [5.74, 6) is -0.00444. The van der Waals surface area contributed by atoms with Crippen molar-refractivity contribution in [2.75, 3.05) is 0 Å². The van der Waals surface area contributed by atoms with Crippen molar-refractivity contribution in [3.63, 3.8) is 0 Å². The Morgan fingerprint density at radius 1 is 1.12 bits per heavy atom. The van der Waals surface area contributed by atoms with Crippen molar-refractivity contribution in [3.05, 3.63) is 72.9 Å². The molecule has 0 atom stereocenters. The first-order chi connectivity index (χ1) is 8.21. The largest absolute Gasteiger partial charge is 0.289 e. The fourth-order valence-electron chi connectivity index (χ4n) is 1.22. The van der Waals surface area contributed by atoms with Gasteiger partial charge in [0.15, 0.2) is 5.78 Å². The van der Waals surface area contributed by atoms with Crippen LogP contribution >= 0.6 is 0 Å². The average molecular weight is 228 g/mol. The molecule has 0 aliphatic carbocycles. The second-order valence-electron chi connectivity index (χ2n) is 3.34. The van der Waals surface area contributed by atoms with Crippen LogP contribution < -0.4 is 0 Å². The average Bonchev–Trinajstić information content (AvgIpc) is 2.35. The molecular weight excluding hydrogens is 208 g/mol. The van der Waals surface area contributed by atoms with Crippen LogP contribution in [0.5, 0.6) is 0 Å². The molecule has 0 radical (unpaired) electrons. The van der Waals surface area contributed by atoms with Crippen LogP contribution in [0.15, 0.2) is 72.9 Å². The van der Waals surface area contributed by atoms with Gasteiger partial charge in [0.25, 0.3) is 0 Å². The number of hydrogen-bond acceptors (Lipinski definition) is 1. The summed E-state index contributed by atoms with van der Waals surface area (Å²) in [5, 5.41) is 0. The molecule has 0 heterocycles. The minimum Gasteiger partial charge on any atom is -0.289 e. The number of carbonyl (C=O) groups excluding carboxylic acids is 1. The second-order valence-corrected chi connectivity index (χ2v) is 3.34. The molecule has 0 rings (SSSR count). The van der Waals surface area contributed by atoms with Gasteiger partial charge in [-0.3, -0.25) is 4.79 Å². The highest BCUT2D eigenvalue weighted by Gasteiger charge is 2.08. The minimum absolute atomic E-state index is 0.00444. The van der Waals surface area contributed by atoms with Gasteiger partial charge in [-0.15, -0.1) is 0 Å². The fourth-order valence-corrected chi connectivity index (χ4v) is 1.22. The van der Waals surface area contributed by atoms with Crippen LogP contribution in [-0.2, 0) is 4.79 Å². The first-order valence-electron chi connectivity index (χ1n) is 5.70. The molecule has 0 aliphatic heterocycles. The summed E-state index contributed by atoms with van der Waals surface area (Å²) >= 11 is 0. The quantitative estimate of drug-likeness (QED) is 0.468. The number of carbonyl (C=O) groups is 1. The van der Waals surface area contributed by atoms with E-state index >= 15 is 0 Å². The van der Waals surface area contributed by atoms with Gasteiger partial charge in [-0.25, -0.2) is 0 Å². The van der Waals surface area contributed by atoms with Gasteiger partial charge in [-0.1, -0.05) is 68.7 Å². The maximum Gasteiger partial charge on any atom is 0.192 e. The molecule has 0 unspecified atom stereocenters. The highest BCUT2D eigenvalue weighted by Crippen LogP contribution is 2.10. The highest BCUT2D eigenvalue weighted by molar-refractivity contribution is 6.11. The van der Waals surface area contributed by atoms with Gasteiger partial charge >= 0.3 is 0 Å². The Kier molecular flexibility index (Phi) is 8.31. The Labute approximate surface area is 104 Å². The minimum atomic E-state index is -0.00444. The molecule has 0 bridgehead atoms. The van der Waals surface area contributed by atoms with Crippen molar-refractivity contribution in [2.24, 2.45) is 0 Å². The van der Waals surface area contributed by atoms with Gasteiger partial charge in [0.1, 0.15) is 0 Å². The first-order valence-corrected chi connectivity index (χ1v) is 5.70. The predicted molar refractivity (Wildman–Crippen MR) is 75.8 cm³/mol. The Hall–Kier alpha value is -1.89. The number of hydrogen-bond donors (Lipinski definition) is 0. The molecule has 0 aliphatic rings. The standard InChI is InChI=1S/C16H20O/c1-5-9-12-14(8-4)16(17)15(11-7-3)13-10-6-2/h5,7-13H,1,3,6H2,2,4H3/b12-9-,13-10-,14-8+,15-11+. The molecule has 0 aromatic rings. The van der Waals surface area contributed by atoms with Crippen molar-refractivity contribution >= 4 is 5.78 Å². The van der Waals surface area contributed by atoms with Gasteiger partial charge in [0, 0.05) is 11.1 Å². The molecule has 0 saturated carbocycles. The van der Waals surface area contributed by atoms with E-state index in [0.717, 1.165) is 6.42 Å². The molecule has 0 aromatic carbocycles. The van der Waals surface area contributed by atoms with Gasteiger partial charge in [-0.2, -0.15) is 0 Å². The molecule has 17 heavy (non-hydrogen) atoms. The zero-order valence-corrected chi connectivity index (χ0v) is 10.6. The van der Waals surface area contributed by atoms with E-state index in [4.69, 9.17) is 0 Å². The van der Waals surface area contributed by atoms with E-state index in [-0.39, 0.29) is 5.78 Å². The van der Waals surface area contributed by atoms with Crippen LogP contribution in [0.2, 0.25) is 0 Å². The van der Waals surface area contributed by atoms with Gasteiger partial charge in [-0.05, 0) is 13.3 Å². The van der Waals surface area contributed by atoms with E-state index in [0.29, 0.717) is 11.1 Å². The Bertz CT molecular complexity index is 390. The highest BCUT2D eigenvalue weighted by atomic mass is 16.1. The molecular formula is C16H20O. The summed E-state index contributed by atoms with van der Waals surface area (Å²) in [7, 11) is 0. The lowest BCUT2D eigenvalue weighted by atomic mass is 10.0. The molecule has 0 N–H and O–H groups in total. The summed E-state index contributed by atoms with van der Waals surface area (Å²) in [6.45, 7) is 11.1. The number of ketones is 1. The Balaban J connectivity index is 5.13. The van der Waals surface area contributed by atoms with Crippen molar-refractivity contribution in [1.82, 2.24) is 0 Å². The Morgan fingerprint density at radius 3 is 2.29 bits per heavy atom. The van der Waals surface area contributed by atoms with Gasteiger partial charge < -0.3 is 0 Å². The fraction of sp³-hybridized carbons (Fsp3) is 0.188. The second kappa shape index (κ2) is 9.34. The maximum atomic E-state index is 12.2. The maximum absolute atomic E-state index is 12.2. The van der Waals surface area contributed by atoms with Gasteiger partial charge in [0.05, 0.1) is 0 Å². The molecule has 1 heteroatoms. The van der Waals surface area contributed by atoms with E-state index in [9.17, 15) is 4.79 Å². The predicted octanol–water partition coefficient (Wildman–Crippen LogP) is 4.32. The molecule has 0 fully saturated rings. The van der Waals surface area contributed by atoms with Crippen molar-refractivity contribution in [1.29, 1.82) is 0 Å². The number of allylic oxidation sites excluding steroid dienone is 10. The van der Waals surface area contributed by atoms with Crippen LogP contribution in [-0.4, -0.2) is 5.78 Å². The van der Waals surface area contributed by atoms with E-state index < -0.39 is 0 Å². The number of rotatable bonds is 7. The lowest BCUT2D eigenvalue weighted by molar-refractivity contribution is -0.111. The molecule has 0 spiro atoms. The van der Waals surface area contributed by atoms with Crippen LogP contribution in [0, 0.1) is 0 Å². The topological polar surface area (TPSA) is 17.1 Å². The van der Waals surface area contributed by atoms with Crippen molar-refractivity contribution in [3.8, 4) is 0 Å². The van der Waals surface area contributed by atoms with Gasteiger partial charge in [0.2, 0.25) is 0 Å². The molecule has 0 saturated heterocycles. The van der Waals surface area contributed by atoms with Crippen molar-refractivity contribution in [2.45, 2.75) is 20.3 Å². The van der Waals surface area contributed by atoms with Crippen LogP contribution in [0.4, 0.5) is 0 Å². The summed E-state index contributed by atoms with van der Waals surface area (Å²) in [6, 6.07) is 0. The van der Waals surface area contributed by atoms with E-state index in [1.54, 1.807) is 36.5 Å². The van der Waals surface area contributed by atoms with E-state index in [2.05, 4.69) is 13.2 Å². The first kappa shape index (κ1) is 15.1. The summed E-state index contributed by atoms with van der Waals surface area (Å²) < 4.78 is 0. The summed E-state index contributed by atoms with van der Waals surface area (Å²) in [5.41, 5.74) is 1.29. The smallest absolute Gasteiger partial charge is 0.192 e. The zero-order valence-electron chi connectivity index (χ0n) is 10.6. The van der Waals surface area contributed by atoms with Crippen LogP contribution in [0.1, 0.15) is 20.3 Å². The molecule has 1 nitrogen and oxygen atoms in total. The van der Waals surface area contributed by atoms with E-state index in [1.807, 2.05) is 26.0 Å². The Morgan fingerprint density at radius 2 is 1.82 bits per heavy atom. The lowest BCUT2D eigenvalue weighted by Crippen LogP contribution is -2.02. The summed E-state index contributed by atoms with van der Waals surface area (Å²) in [4.78, 5) is 12.2. The van der Waals surface area contributed by atoms with Crippen LogP contribution in [0.25, 0.3) is 0 Å². The third-order valence-electron chi connectivity index (χ3n) is 2.08. The van der Waals surface area contributed by atoms with E-state index in [1.165, 1.54) is 0 Å². The van der Waals surface area contributed by atoms with Crippen molar-refractivity contribution < 1.29 is 4.79 Å².